The largest absolute Gasteiger partial charge is 0.502 e. The molecule has 3 aromatic heterocycles. The molecule has 0 atom stereocenters. The van der Waals surface area contributed by atoms with Crippen molar-refractivity contribution in [1.82, 2.24) is 20.4 Å². The first-order valence-corrected chi connectivity index (χ1v) is 12.0. The van der Waals surface area contributed by atoms with Crippen molar-refractivity contribution in [2.45, 2.75) is 44.4 Å². The monoisotopic (exact) mass is 470 g/mol. The molecule has 0 bridgehead atoms. The van der Waals surface area contributed by atoms with Crippen molar-refractivity contribution < 1.29 is 18.8 Å². The molecule has 2 N–H and O–H groups in total. The van der Waals surface area contributed by atoms with E-state index in [1.807, 2.05) is 6.07 Å². The van der Waals surface area contributed by atoms with Gasteiger partial charge < -0.3 is 19.4 Å². The first-order chi connectivity index (χ1) is 16.0. The third kappa shape index (κ3) is 5.44. The number of nitrogens with zero attached hydrogens (tertiary/aromatic N) is 3. The molecule has 4 rings (SSSR count). The summed E-state index contributed by atoms with van der Waals surface area (Å²) in [6.07, 6.45) is 5.98. The van der Waals surface area contributed by atoms with Crippen LogP contribution >= 0.6 is 11.8 Å². The molecule has 10 heteroatoms. The zero-order chi connectivity index (χ0) is 23.3. The Morgan fingerprint density at radius 2 is 2.15 bits per heavy atom. The van der Waals surface area contributed by atoms with Gasteiger partial charge >= 0.3 is 0 Å². The van der Waals surface area contributed by atoms with Gasteiger partial charge in [0.25, 0.3) is 0 Å². The highest BCUT2D eigenvalue weighted by Crippen LogP contribution is 2.43. The van der Waals surface area contributed by atoms with E-state index < -0.39 is 10.8 Å². The normalized spacial score (nSPS) is 15.3. The van der Waals surface area contributed by atoms with E-state index in [1.165, 1.54) is 6.07 Å². The second kappa shape index (κ2) is 10.2. The van der Waals surface area contributed by atoms with Crippen LogP contribution in [0.25, 0.3) is 11.4 Å². The van der Waals surface area contributed by atoms with Gasteiger partial charge in [-0.25, -0.2) is 0 Å². The quantitative estimate of drug-likeness (QED) is 0.477. The number of amides is 1. The summed E-state index contributed by atoms with van der Waals surface area (Å²) in [7, 11) is 0. The lowest BCUT2D eigenvalue weighted by molar-refractivity contribution is -0.122. The molecule has 0 aliphatic carbocycles. The van der Waals surface area contributed by atoms with Crippen LogP contribution in [-0.2, 0) is 16.6 Å². The smallest absolute Gasteiger partial charge is 0.227 e. The molecular weight excluding hydrogens is 444 g/mol. The summed E-state index contributed by atoms with van der Waals surface area (Å²) < 4.78 is 11.1. The molecule has 0 aromatic carbocycles. The summed E-state index contributed by atoms with van der Waals surface area (Å²) in [5.41, 5.74) is -0.379. The Bertz CT molecular complexity index is 1160. The maximum absolute atomic E-state index is 12.8. The van der Waals surface area contributed by atoms with E-state index in [4.69, 9.17) is 8.94 Å². The zero-order valence-corrected chi connectivity index (χ0v) is 19.2. The molecule has 9 nitrogen and oxygen atoms in total. The first kappa shape index (κ1) is 23.0. The molecule has 1 aliphatic heterocycles. The fraction of sp³-hybridized carbons (Fsp3) is 0.435. The Morgan fingerprint density at radius 3 is 2.91 bits per heavy atom. The van der Waals surface area contributed by atoms with Crippen molar-refractivity contribution in [2.75, 3.05) is 18.1 Å². The molecule has 33 heavy (non-hydrogen) atoms. The standard InChI is InChI=1S/C23H26N4O5S/c1-15-12-17(28)20(30)21(31-15)23(6-10-33-11-7-23)13-18(29)25-9-3-5-19-26-22(27-32-19)16-4-2-8-24-14-16/h2,4,8,12,14,30H,3,5-7,9-11,13H2,1H3,(H,25,29). The maximum atomic E-state index is 12.8. The highest BCUT2D eigenvalue weighted by molar-refractivity contribution is 7.99. The Morgan fingerprint density at radius 1 is 1.33 bits per heavy atom. The minimum Gasteiger partial charge on any atom is -0.502 e. The lowest BCUT2D eigenvalue weighted by Gasteiger charge is -2.35. The average molecular weight is 471 g/mol. The van der Waals surface area contributed by atoms with Gasteiger partial charge in [-0.1, -0.05) is 5.16 Å². The van der Waals surface area contributed by atoms with Crippen molar-refractivity contribution in [3.8, 4) is 17.1 Å². The molecule has 0 radical (unpaired) electrons. The van der Waals surface area contributed by atoms with E-state index in [0.29, 0.717) is 49.7 Å². The summed E-state index contributed by atoms with van der Waals surface area (Å²) in [4.78, 5) is 33.3. The molecule has 174 valence electrons. The summed E-state index contributed by atoms with van der Waals surface area (Å²) in [5, 5.41) is 17.3. The minimum absolute atomic E-state index is 0.146. The van der Waals surface area contributed by atoms with Gasteiger partial charge in [0.15, 0.2) is 5.76 Å². The average Bonchev–Trinajstić information content (AvgIpc) is 3.29. The van der Waals surface area contributed by atoms with Crippen LogP contribution in [0.2, 0.25) is 0 Å². The molecule has 1 fully saturated rings. The number of thioether (sulfide) groups is 1. The number of aryl methyl sites for hydroxylation is 2. The number of pyridine rings is 1. The van der Waals surface area contributed by atoms with E-state index in [2.05, 4.69) is 20.4 Å². The van der Waals surface area contributed by atoms with Gasteiger partial charge in [0.1, 0.15) is 5.76 Å². The topological polar surface area (TPSA) is 131 Å². The number of rotatable bonds is 8. The molecule has 1 amide bonds. The van der Waals surface area contributed by atoms with Gasteiger partial charge in [-0.15, -0.1) is 0 Å². The fourth-order valence-electron chi connectivity index (χ4n) is 4.02. The second-order valence-corrected chi connectivity index (χ2v) is 9.40. The Labute approximate surface area is 195 Å². The van der Waals surface area contributed by atoms with Crippen LogP contribution in [0.15, 0.2) is 44.3 Å². The van der Waals surface area contributed by atoms with Crippen LogP contribution in [-0.4, -0.2) is 44.2 Å². The molecule has 1 saturated heterocycles. The maximum Gasteiger partial charge on any atom is 0.227 e. The Hall–Kier alpha value is -3.14. The van der Waals surface area contributed by atoms with Crippen LogP contribution in [0.1, 0.15) is 43.1 Å². The number of aromatic hydroxyl groups is 1. The van der Waals surface area contributed by atoms with Crippen LogP contribution in [0.4, 0.5) is 0 Å². The molecule has 1 aliphatic rings. The summed E-state index contributed by atoms with van der Waals surface area (Å²) >= 11 is 1.79. The second-order valence-electron chi connectivity index (χ2n) is 8.18. The van der Waals surface area contributed by atoms with E-state index in [1.54, 1.807) is 37.1 Å². The zero-order valence-electron chi connectivity index (χ0n) is 18.4. The number of nitrogens with one attached hydrogen (secondary N) is 1. The SMILES string of the molecule is Cc1cc(=O)c(O)c(C2(CC(=O)NCCCc3nc(-c4cccnc4)no3)CCSCC2)o1. The predicted octanol–water partition coefficient (Wildman–Crippen LogP) is 3.00. The third-order valence-electron chi connectivity index (χ3n) is 5.75. The Kier molecular flexibility index (Phi) is 7.12. The first-order valence-electron chi connectivity index (χ1n) is 10.9. The van der Waals surface area contributed by atoms with Crippen molar-refractivity contribution in [3.63, 3.8) is 0 Å². The minimum atomic E-state index is -0.685. The lowest BCUT2D eigenvalue weighted by Crippen LogP contribution is -2.38. The van der Waals surface area contributed by atoms with E-state index >= 15 is 0 Å². The number of hydrogen-bond acceptors (Lipinski definition) is 9. The predicted molar refractivity (Wildman–Crippen MR) is 123 cm³/mol. The van der Waals surface area contributed by atoms with Gasteiger partial charge in [0, 0.05) is 48.8 Å². The van der Waals surface area contributed by atoms with Gasteiger partial charge in [0.2, 0.25) is 28.8 Å². The Balaban J connectivity index is 1.34. The number of carbonyl (C=O) groups is 1. The van der Waals surface area contributed by atoms with Crippen LogP contribution < -0.4 is 10.7 Å². The molecule has 0 spiro atoms. The van der Waals surface area contributed by atoms with Crippen molar-refractivity contribution >= 4 is 17.7 Å². The van der Waals surface area contributed by atoms with Gasteiger partial charge in [-0.3, -0.25) is 14.6 Å². The number of hydrogen-bond donors (Lipinski definition) is 2. The molecule has 4 heterocycles. The highest BCUT2D eigenvalue weighted by atomic mass is 32.2. The highest BCUT2D eigenvalue weighted by Gasteiger charge is 2.41. The molecule has 0 saturated carbocycles. The van der Waals surface area contributed by atoms with Crippen molar-refractivity contribution in [3.05, 3.63) is 58.2 Å². The molecule has 0 unspecified atom stereocenters. The summed E-state index contributed by atoms with van der Waals surface area (Å²) in [6.45, 7) is 2.12. The van der Waals surface area contributed by atoms with Crippen molar-refractivity contribution in [2.24, 2.45) is 0 Å². The molecular formula is C23H26N4O5S. The lowest BCUT2D eigenvalue weighted by atomic mass is 9.75. The summed E-state index contributed by atoms with van der Waals surface area (Å²) in [5.74, 6) is 2.77. The van der Waals surface area contributed by atoms with Crippen molar-refractivity contribution in [1.29, 1.82) is 0 Å². The molecule has 3 aromatic rings. The van der Waals surface area contributed by atoms with Gasteiger partial charge in [-0.2, -0.15) is 16.7 Å². The van der Waals surface area contributed by atoms with Crippen LogP contribution in [0.5, 0.6) is 5.75 Å². The van der Waals surface area contributed by atoms with Gasteiger partial charge in [-0.05, 0) is 49.8 Å². The van der Waals surface area contributed by atoms with Crippen LogP contribution in [0, 0.1) is 6.92 Å². The third-order valence-corrected chi connectivity index (χ3v) is 6.74. The number of carbonyl (C=O) groups excluding carboxylic acids is 1. The van der Waals surface area contributed by atoms with Crippen LogP contribution in [0.3, 0.4) is 0 Å². The van der Waals surface area contributed by atoms with Gasteiger partial charge in [0.05, 0.1) is 0 Å². The van der Waals surface area contributed by atoms with E-state index in [9.17, 15) is 14.7 Å². The van der Waals surface area contributed by atoms with E-state index in [0.717, 1.165) is 17.1 Å². The van der Waals surface area contributed by atoms with E-state index in [-0.39, 0.29) is 23.8 Å². The summed E-state index contributed by atoms with van der Waals surface area (Å²) in [6, 6.07) is 4.93. The fourth-order valence-corrected chi connectivity index (χ4v) is 5.29. The number of aromatic nitrogens is 3.